The molecule has 0 saturated carbocycles. The summed E-state index contributed by atoms with van der Waals surface area (Å²) in [5.74, 6) is -1.68. The standard InChI is InChI=1S/C45H48F3N9O4/c46-34-24-36-33(40(47)41(34)57-21-14-39(59)50-44(57)61)13-20-56(36)31-11-18-53(19-12-31)27-45(48)15-22-54(23-16-45)43(60)29-9-7-28(8-10-29)30-4-3-17-55(26-30)37-25-35(51-52-42(37)49)32-5-1-2-6-38(32)58/h1-2,5-10,13,20,24-25,30-31,58H,3-4,11-12,14-19,21-23,26-27H2,(H2,49,52)(H,50,59,61)/t30-/m0/s1. The Labute approximate surface area is 350 Å². The number of phenols is 1. The molecule has 1 atom stereocenters. The lowest BCUT2D eigenvalue weighted by molar-refractivity contribution is -0.120. The summed E-state index contributed by atoms with van der Waals surface area (Å²) < 4.78 is 49.2. The average molecular weight is 836 g/mol. The molecule has 4 saturated heterocycles. The number of nitrogens with two attached hydrogens (primary N) is 1. The first kappa shape index (κ1) is 40.3. The number of urea groups is 1. The summed E-state index contributed by atoms with van der Waals surface area (Å²) in [5.41, 5.74) is 8.36. The smallest absolute Gasteiger partial charge is 0.328 e. The molecule has 0 aliphatic carbocycles. The topological polar surface area (TPSA) is 153 Å². The fraction of sp³-hybridized carbons (Fsp3) is 0.400. The molecule has 4 N–H and O–H groups in total. The number of nitrogens with zero attached hydrogens (tertiary/aromatic N) is 7. The molecular weight excluding hydrogens is 788 g/mol. The van der Waals surface area contributed by atoms with Gasteiger partial charge in [-0.25, -0.2) is 18.0 Å². The van der Waals surface area contributed by atoms with Crippen molar-refractivity contribution < 1.29 is 32.7 Å². The molecule has 4 fully saturated rings. The molecule has 318 valence electrons. The van der Waals surface area contributed by atoms with E-state index in [0.29, 0.717) is 73.7 Å². The lowest BCUT2D eigenvalue weighted by atomic mass is 9.89. The number of carbonyl (C=O) groups is 3. The van der Waals surface area contributed by atoms with Gasteiger partial charge in [-0.3, -0.25) is 19.8 Å². The summed E-state index contributed by atoms with van der Waals surface area (Å²) >= 11 is 0. The average Bonchev–Trinajstić information content (AvgIpc) is 3.69. The van der Waals surface area contributed by atoms with Crippen LogP contribution in [-0.4, -0.2) is 106 Å². The van der Waals surface area contributed by atoms with Crippen LogP contribution in [0.1, 0.15) is 72.8 Å². The quantitative estimate of drug-likeness (QED) is 0.154. The third-order valence-corrected chi connectivity index (χ3v) is 13.0. The van der Waals surface area contributed by atoms with Crippen molar-refractivity contribution >= 4 is 45.9 Å². The Bertz CT molecular complexity index is 2480. The number of aromatic nitrogens is 3. The summed E-state index contributed by atoms with van der Waals surface area (Å²) in [6.07, 6.45) is 5.40. The zero-order valence-electron chi connectivity index (χ0n) is 33.7. The van der Waals surface area contributed by atoms with Gasteiger partial charge in [0.1, 0.15) is 17.1 Å². The molecule has 0 unspecified atom stereocenters. The van der Waals surface area contributed by atoms with E-state index in [1.54, 1.807) is 35.4 Å². The van der Waals surface area contributed by atoms with E-state index >= 15 is 13.2 Å². The van der Waals surface area contributed by atoms with Gasteiger partial charge in [0.25, 0.3) is 5.91 Å². The van der Waals surface area contributed by atoms with Crippen molar-refractivity contribution in [2.24, 2.45) is 0 Å². The maximum absolute atomic E-state index is 16.3. The SMILES string of the molecule is Nc1nnc(-c2ccccc2O)cc1N1CCC[C@H](c2ccc(C(=O)N3CCC(F)(CN4CCC(n5ccc6c(F)c(N7CCC(=O)NC7=O)c(F)cc65)CC4)CC3)cc2)C1. The minimum Gasteiger partial charge on any atom is -0.507 e. The lowest BCUT2D eigenvalue weighted by Gasteiger charge is -2.41. The number of hydrogen-bond donors (Lipinski definition) is 3. The molecule has 4 aliphatic heterocycles. The Kier molecular flexibility index (Phi) is 10.8. The molecule has 16 heteroatoms. The molecule has 0 spiro atoms. The highest BCUT2D eigenvalue weighted by molar-refractivity contribution is 6.06. The van der Waals surface area contributed by atoms with Gasteiger partial charge in [0.2, 0.25) is 5.91 Å². The van der Waals surface area contributed by atoms with E-state index < -0.39 is 34.9 Å². The number of imide groups is 1. The largest absolute Gasteiger partial charge is 0.507 e. The highest BCUT2D eigenvalue weighted by Gasteiger charge is 2.39. The summed E-state index contributed by atoms with van der Waals surface area (Å²) in [6, 6.07) is 18.5. The number of nitrogen functional groups attached to an aromatic ring is 1. The molecular formula is C45H48F3N9O4. The predicted molar refractivity (Wildman–Crippen MR) is 225 cm³/mol. The molecule has 9 rings (SSSR count). The van der Waals surface area contributed by atoms with Gasteiger partial charge in [0, 0.05) is 112 Å². The second-order valence-electron chi connectivity index (χ2n) is 16.8. The van der Waals surface area contributed by atoms with Crippen LogP contribution in [0.2, 0.25) is 0 Å². The zero-order chi connectivity index (χ0) is 42.4. The summed E-state index contributed by atoms with van der Waals surface area (Å²) in [4.78, 5) is 44.5. The van der Waals surface area contributed by atoms with Gasteiger partial charge < -0.3 is 30.1 Å². The van der Waals surface area contributed by atoms with Gasteiger partial charge in [0.15, 0.2) is 17.5 Å². The number of phenolic OH excluding ortho intramolecular Hbond substituents is 1. The van der Waals surface area contributed by atoms with E-state index in [4.69, 9.17) is 5.73 Å². The third-order valence-electron chi connectivity index (χ3n) is 13.0. The van der Waals surface area contributed by atoms with Crippen molar-refractivity contribution in [1.29, 1.82) is 0 Å². The first-order valence-corrected chi connectivity index (χ1v) is 21.0. The van der Waals surface area contributed by atoms with E-state index in [2.05, 4.69) is 25.3 Å². The highest BCUT2D eigenvalue weighted by atomic mass is 19.1. The number of para-hydroxylation sites is 1. The summed E-state index contributed by atoms with van der Waals surface area (Å²) in [7, 11) is 0. The number of benzene rings is 3. The van der Waals surface area contributed by atoms with Gasteiger partial charge >= 0.3 is 6.03 Å². The number of likely N-dealkylation sites (tertiary alicyclic amines) is 2. The van der Waals surface area contributed by atoms with Crippen molar-refractivity contribution in [3.05, 3.63) is 95.7 Å². The molecule has 4 amide bonds. The number of nitrogens with one attached hydrogen (secondary N) is 1. The Morgan fingerprint density at radius 2 is 1.67 bits per heavy atom. The van der Waals surface area contributed by atoms with Gasteiger partial charge in [0.05, 0.1) is 16.9 Å². The first-order valence-electron chi connectivity index (χ1n) is 21.0. The van der Waals surface area contributed by atoms with Crippen molar-refractivity contribution in [3.8, 4) is 17.0 Å². The van der Waals surface area contributed by atoms with E-state index in [1.165, 1.54) is 6.07 Å². The van der Waals surface area contributed by atoms with Crippen LogP contribution in [-0.2, 0) is 4.79 Å². The van der Waals surface area contributed by atoms with Crippen LogP contribution in [0.3, 0.4) is 0 Å². The normalized spacial score (nSPS) is 20.3. The monoisotopic (exact) mass is 835 g/mol. The van der Waals surface area contributed by atoms with Crippen LogP contribution in [0.4, 0.5) is 35.2 Å². The Morgan fingerprint density at radius 3 is 2.41 bits per heavy atom. The van der Waals surface area contributed by atoms with Crippen molar-refractivity contribution in [2.75, 3.05) is 67.9 Å². The van der Waals surface area contributed by atoms with Crippen molar-refractivity contribution in [2.45, 2.75) is 62.6 Å². The summed E-state index contributed by atoms with van der Waals surface area (Å²) in [5, 5.41) is 21.1. The fourth-order valence-electron chi connectivity index (χ4n) is 9.60. The van der Waals surface area contributed by atoms with Crippen LogP contribution in [0.5, 0.6) is 5.75 Å². The Balaban J connectivity index is 0.773. The Hall–Kier alpha value is -6.16. The maximum atomic E-state index is 16.3. The van der Waals surface area contributed by atoms with Crippen molar-refractivity contribution in [1.82, 2.24) is 29.9 Å². The molecule has 4 aliphatic rings. The van der Waals surface area contributed by atoms with Gasteiger partial charge in [-0.15, -0.1) is 10.2 Å². The Morgan fingerprint density at radius 1 is 0.918 bits per heavy atom. The van der Waals surface area contributed by atoms with Gasteiger partial charge in [-0.1, -0.05) is 24.3 Å². The highest BCUT2D eigenvalue weighted by Crippen LogP contribution is 2.38. The number of anilines is 3. The first-order chi connectivity index (χ1) is 29.4. The minimum absolute atomic E-state index is 0.0466. The number of fused-ring (bicyclic) bond motifs is 1. The number of hydrogen-bond acceptors (Lipinski definition) is 9. The van der Waals surface area contributed by atoms with Gasteiger partial charge in [-0.05, 0) is 67.6 Å². The van der Waals surface area contributed by atoms with E-state index in [1.807, 2.05) is 41.0 Å². The number of alkyl halides is 1. The molecule has 61 heavy (non-hydrogen) atoms. The number of rotatable bonds is 8. The molecule has 13 nitrogen and oxygen atoms in total. The second kappa shape index (κ2) is 16.4. The van der Waals surface area contributed by atoms with E-state index in [9.17, 15) is 19.5 Å². The van der Waals surface area contributed by atoms with Crippen molar-refractivity contribution in [3.63, 3.8) is 0 Å². The van der Waals surface area contributed by atoms with Crippen LogP contribution >= 0.6 is 0 Å². The molecule has 0 bridgehead atoms. The molecule has 6 heterocycles. The molecule has 2 aromatic heterocycles. The summed E-state index contributed by atoms with van der Waals surface area (Å²) in [6.45, 7) is 3.52. The van der Waals surface area contributed by atoms with Crippen LogP contribution in [0.15, 0.2) is 72.9 Å². The second-order valence-corrected chi connectivity index (χ2v) is 16.8. The van der Waals surface area contributed by atoms with Crippen LogP contribution < -0.4 is 20.9 Å². The third kappa shape index (κ3) is 7.96. The van der Waals surface area contributed by atoms with Crippen LogP contribution in [0.25, 0.3) is 22.2 Å². The van der Waals surface area contributed by atoms with E-state index in [-0.39, 0.29) is 61.4 Å². The predicted octanol–water partition coefficient (Wildman–Crippen LogP) is 6.78. The minimum atomic E-state index is -1.44. The molecule has 0 radical (unpaired) electrons. The number of amides is 4. The number of aromatic hydroxyl groups is 1. The number of carbonyl (C=O) groups excluding carboxylic acids is 3. The lowest BCUT2D eigenvalue weighted by Crippen LogP contribution is -2.51. The zero-order valence-corrected chi connectivity index (χ0v) is 33.7. The van der Waals surface area contributed by atoms with E-state index in [0.717, 1.165) is 35.5 Å². The molecule has 5 aromatic rings. The molecule has 3 aromatic carbocycles. The number of piperidine rings is 3. The van der Waals surface area contributed by atoms with Gasteiger partial charge in [-0.2, -0.15) is 0 Å². The van der Waals surface area contributed by atoms with Crippen LogP contribution in [0, 0.1) is 11.6 Å². The number of halogens is 3. The maximum Gasteiger partial charge on any atom is 0.328 e. The fourth-order valence-corrected chi connectivity index (χ4v) is 9.60.